The monoisotopic (exact) mass is 467 g/mol. The van der Waals surface area contributed by atoms with E-state index in [9.17, 15) is 0 Å². The van der Waals surface area contributed by atoms with Gasteiger partial charge in [0, 0.05) is 42.5 Å². The number of rotatable bonds is 3. The Bertz CT molecular complexity index is 1740. The highest BCUT2D eigenvalue weighted by molar-refractivity contribution is 7.25. The summed E-state index contributed by atoms with van der Waals surface area (Å²) in [5.41, 5.74) is 10.2. The van der Waals surface area contributed by atoms with Crippen LogP contribution in [0.25, 0.3) is 42.4 Å². The van der Waals surface area contributed by atoms with Gasteiger partial charge in [-0.1, -0.05) is 92.7 Å². The molecule has 5 aromatic carbocycles. The van der Waals surface area contributed by atoms with Crippen LogP contribution in [0.1, 0.15) is 25.0 Å². The minimum atomic E-state index is -0.0145. The summed E-state index contributed by atoms with van der Waals surface area (Å²) < 4.78 is 2.65. The van der Waals surface area contributed by atoms with Crippen molar-refractivity contribution >= 4 is 42.9 Å². The summed E-state index contributed by atoms with van der Waals surface area (Å²) in [6.07, 6.45) is 0. The van der Waals surface area contributed by atoms with E-state index in [2.05, 4.69) is 128 Å². The Hall–Kier alpha value is -3.88. The van der Waals surface area contributed by atoms with Crippen molar-refractivity contribution in [2.45, 2.75) is 19.3 Å². The number of thiophene rings is 1. The van der Waals surface area contributed by atoms with Crippen LogP contribution in [0.5, 0.6) is 0 Å². The highest BCUT2D eigenvalue weighted by atomic mass is 32.1. The molecule has 0 aliphatic heterocycles. The van der Waals surface area contributed by atoms with Crippen LogP contribution in [0.15, 0.2) is 109 Å². The third-order valence-electron chi connectivity index (χ3n) is 7.46. The maximum atomic E-state index is 3.82. The van der Waals surface area contributed by atoms with Gasteiger partial charge in [0.25, 0.3) is 0 Å². The second-order valence-corrected chi connectivity index (χ2v) is 11.0. The van der Waals surface area contributed by atoms with Crippen LogP contribution < -0.4 is 5.32 Å². The first-order valence-electron chi connectivity index (χ1n) is 12.1. The van der Waals surface area contributed by atoms with Crippen LogP contribution in [0.3, 0.4) is 0 Å². The van der Waals surface area contributed by atoms with Gasteiger partial charge in [-0.2, -0.15) is 0 Å². The average molecular weight is 468 g/mol. The zero-order valence-corrected chi connectivity index (χ0v) is 20.6. The van der Waals surface area contributed by atoms with Crippen molar-refractivity contribution < 1.29 is 0 Å². The van der Waals surface area contributed by atoms with Crippen molar-refractivity contribution in [2.75, 3.05) is 5.32 Å². The third-order valence-corrected chi connectivity index (χ3v) is 8.60. The van der Waals surface area contributed by atoms with Gasteiger partial charge in [-0.05, 0) is 58.1 Å². The van der Waals surface area contributed by atoms with E-state index in [1.165, 1.54) is 53.6 Å². The fourth-order valence-electron chi connectivity index (χ4n) is 5.67. The first-order chi connectivity index (χ1) is 17.1. The van der Waals surface area contributed by atoms with Gasteiger partial charge in [0.15, 0.2) is 0 Å². The van der Waals surface area contributed by atoms with Crippen molar-refractivity contribution in [3.05, 3.63) is 120 Å². The topological polar surface area (TPSA) is 12.0 Å². The lowest BCUT2D eigenvalue weighted by Gasteiger charge is -2.22. The molecular weight excluding hydrogens is 442 g/mol. The Morgan fingerprint density at radius 3 is 2.20 bits per heavy atom. The molecule has 0 fully saturated rings. The van der Waals surface area contributed by atoms with Crippen LogP contribution in [0, 0.1) is 0 Å². The quantitative estimate of drug-likeness (QED) is 0.273. The molecule has 0 radical (unpaired) electrons. The molecule has 0 saturated carbocycles. The molecule has 0 saturated heterocycles. The van der Waals surface area contributed by atoms with Crippen molar-refractivity contribution in [1.82, 2.24) is 0 Å². The van der Waals surface area contributed by atoms with E-state index in [1.54, 1.807) is 0 Å². The molecule has 0 atom stereocenters. The summed E-state index contributed by atoms with van der Waals surface area (Å²) >= 11 is 1.87. The molecule has 1 aliphatic rings. The molecule has 2 heteroatoms. The first-order valence-corrected chi connectivity index (χ1v) is 12.9. The maximum absolute atomic E-state index is 3.82. The van der Waals surface area contributed by atoms with Gasteiger partial charge < -0.3 is 5.32 Å². The van der Waals surface area contributed by atoms with E-state index >= 15 is 0 Å². The van der Waals surface area contributed by atoms with E-state index in [-0.39, 0.29) is 5.41 Å². The number of anilines is 2. The van der Waals surface area contributed by atoms with E-state index in [1.807, 2.05) is 11.3 Å². The SMILES string of the molecule is CC1(C)c2ccccc2-c2ccc(Nc3cc4c(cc3-c3ccccc3)sc3ccccc34)cc21. The lowest BCUT2D eigenvalue weighted by Crippen LogP contribution is -2.15. The molecule has 1 N–H and O–H groups in total. The lowest BCUT2D eigenvalue weighted by molar-refractivity contribution is 0.660. The van der Waals surface area contributed by atoms with Crippen LogP contribution in [-0.2, 0) is 5.41 Å². The van der Waals surface area contributed by atoms with Gasteiger partial charge in [-0.25, -0.2) is 0 Å². The van der Waals surface area contributed by atoms with Crippen LogP contribution in [0.2, 0.25) is 0 Å². The molecule has 168 valence electrons. The Labute approximate surface area is 209 Å². The number of nitrogens with one attached hydrogen (secondary N) is 1. The normalized spacial score (nSPS) is 13.7. The zero-order valence-electron chi connectivity index (χ0n) is 19.8. The highest BCUT2D eigenvalue weighted by Crippen LogP contribution is 2.49. The summed E-state index contributed by atoms with van der Waals surface area (Å²) in [5.74, 6) is 0. The van der Waals surface area contributed by atoms with Gasteiger partial charge in [0.2, 0.25) is 0 Å². The molecule has 7 rings (SSSR count). The van der Waals surface area contributed by atoms with Gasteiger partial charge >= 0.3 is 0 Å². The summed E-state index contributed by atoms with van der Waals surface area (Å²) in [6.45, 7) is 4.67. The molecule has 1 nitrogen and oxygen atoms in total. The first kappa shape index (κ1) is 20.5. The van der Waals surface area contributed by atoms with Crippen molar-refractivity contribution in [3.63, 3.8) is 0 Å². The fraction of sp³-hybridized carbons (Fsp3) is 0.0909. The molecule has 0 amide bonds. The average Bonchev–Trinajstić information content (AvgIpc) is 3.36. The van der Waals surface area contributed by atoms with Crippen LogP contribution in [-0.4, -0.2) is 0 Å². The number of hydrogen-bond acceptors (Lipinski definition) is 2. The van der Waals surface area contributed by atoms with Gasteiger partial charge in [0.1, 0.15) is 0 Å². The zero-order chi connectivity index (χ0) is 23.6. The lowest BCUT2D eigenvalue weighted by atomic mass is 9.82. The van der Waals surface area contributed by atoms with Gasteiger partial charge in [-0.3, -0.25) is 0 Å². The van der Waals surface area contributed by atoms with Gasteiger partial charge in [0.05, 0.1) is 0 Å². The van der Waals surface area contributed by atoms with E-state index < -0.39 is 0 Å². The predicted octanol–water partition coefficient (Wildman–Crippen LogP) is 9.77. The Morgan fingerprint density at radius 1 is 0.571 bits per heavy atom. The minimum Gasteiger partial charge on any atom is -0.355 e. The number of fused-ring (bicyclic) bond motifs is 6. The van der Waals surface area contributed by atoms with Gasteiger partial charge in [-0.15, -0.1) is 11.3 Å². The van der Waals surface area contributed by atoms with Crippen molar-refractivity contribution in [2.24, 2.45) is 0 Å². The maximum Gasteiger partial charge on any atom is 0.0471 e. The second kappa shape index (κ2) is 7.56. The largest absolute Gasteiger partial charge is 0.355 e. The smallest absolute Gasteiger partial charge is 0.0471 e. The fourth-order valence-corrected chi connectivity index (χ4v) is 6.80. The molecule has 35 heavy (non-hydrogen) atoms. The highest BCUT2D eigenvalue weighted by Gasteiger charge is 2.35. The summed E-state index contributed by atoms with van der Waals surface area (Å²) in [4.78, 5) is 0. The minimum absolute atomic E-state index is 0.0145. The third kappa shape index (κ3) is 3.14. The number of benzene rings is 5. The van der Waals surface area contributed by atoms with Crippen LogP contribution in [0.4, 0.5) is 11.4 Å². The van der Waals surface area contributed by atoms with Crippen molar-refractivity contribution in [3.8, 4) is 22.3 Å². The molecule has 0 spiro atoms. The Balaban J connectivity index is 1.39. The van der Waals surface area contributed by atoms with E-state index in [0.717, 1.165) is 11.4 Å². The number of hydrogen-bond donors (Lipinski definition) is 1. The van der Waals surface area contributed by atoms with Crippen LogP contribution >= 0.6 is 11.3 Å². The second-order valence-electron chi connectivity index (χ2n) is 9.91. The molecule has 1 aromatic heterocycles. The Morgan fingerprint density at radius 2 is 1.31 bits per heavy atom. The summed E-state index contributed by atoms with van der Waals surface area (Å²) in [6, 6.07) is 39.8. The molecule has 6 aromatic rings. The molecule has 1 heterocycles. The molecule has 0 bridgehead atoms. The molecular formula is C33H25NS. The van der Waals surface area contributed by atoms with E-state index in [4.69, 9.17) is 0 Å². The van der Waals surface area contributed by atoms with E-state index in [0.29, 0.717) is 0 Å². The van der Waals surface area contributed by atoms with Crippen molar-refractivity contribution in [1.29, 1.82) is 0 Å². The summed E-state index contributed by atoms with van der Waals surface area (Å²) in [7, 11) is 0. The molecule has 1 aliphatic carbocycles. The Kier molecular flexibility index (Phi) is 4.43. The predicted molar refractivity (Wildman–Crippen MR) is 152 cm³/mol. The summed E-state index contributed by atoms with van der Waals surface area (Å²) in [5, 5.41) is 6.44. The standard InChI is InChI=1S/C33H25NS/c1-33(2)28-14-8-6-12-23(28)24-17-16-22(18-29(24)33)34-30-19-27-25-13-7-9-15-31(25)35-32(27)20-26(30)21-10-4-3-5-11-21/h3-20,34H,1-2H3. The molecule has 0 unspecified atom stereocenters.